The highest BCUT2D eigenvalue weighted by Crippen LogP contribution is 2.34. The van der Waals surface area contributed by atoms with Gasteiger partial charge in [0.25, 0.3) is 0 Å². The average molecular weight is 367 g/mol. The number of hydrogen-bond acceptors (Lipinski definition) is 3. The molecule has 0 saturated carbocycles. The Morgan fingerprint density at radius 1 is 1.39 bits per heavy atom. The SMILES string of the molecule is [B]C([B])([B])Oc1c(Br)ccc(C(=O)OC)c1CBr. The van der Waals surface area contributed by atoms with E-state index < -0.39 is 11.3 Å². The summed E-state index contributed by atoms with van der Waals surface area (Å²) in [5.41, 5.74) is 0.888. The Morgan fingerprint density at radius 3 is 2.44 bits per heavy atom. The minimum absolute atomic E-state index is 0.294. The number of carbonyl (C=O) groups is 1. The van der Waals surface area contributed by atoms with Crippen LogP contribution in [0.5, 0.6) is 5.75 Å². The highest BCUT2D eigenvalue weighted by atomic mass is 79.9. The number of alkyl halides is 1. The molecule has 0 spiro atoms. The first-order valence-corrected chi connectivity index (χ1v) is 6.73. The van der Waals surface area contributed by atoms with Crippen LogP contribution in [-0.4, -0.2) is 41.9 Å². The number of benzene rings is 1. The molecule has 0 amide bonds. The Morgan fingerprint density at radius 2 is 2.00 bits per heavy atom. The smallest absolute Gasteiger partial charge is 0.338 e. The molecule has 0 aliphatic carbocycles. The van der Waals surface area contributed by atoms with Gasteiger partial charge in [0.15, 0.2) is 0 Å². The van der Waals surface area contributed by atoms with Crippen molar-refractivity contribution in [3.05, 3.63) is 27.7 Å². The summed E-state index contributed by atoms with van der Waals surface area (Å²) in [4.78, 5) is 11.6. The first-order valence-electron chi connectivity index (χ1n) is 4.81. The zero-order chi connectivity index (χ0) is 13.9. The van der Waals surface area contributed by atoms with Crippen LogP contribution in [0.3, 0.4) is 0 Å². The van der Waals surface area contributed by atoms with Crippen molar-refractivity contribution in [2.45, 2.75) is 10.6 Å². The van der Waals surface area contributed by atoms with Crippen molar-refractivity contribution in [1.29, 1.82) is 0 Å². The van der Waals surface area contributed by atoms with E-state index in [0.717, 1.165) is 0 Å². The van der Waals surface area contributed by atoms with Crippen LogP contribution in [0.4, 0.5) is 0 Å². The van der Waals surface area contributed by atoms with Crippen molar-refractivity contribution < 1.29 is 14.3 Å². The second-order valence-electron chi connectivity index (χ2n) is 3.48. The van der Waals surface area contributed by atoms with Crippen LogP contribution in [0.1, 0.15) is 15.9 Å². The predicted octanol–water partition coefficient (Wildman–Crippen LogP) is 1.63. The molecule has 0 aliphatic rings. The Bertz CT molecular complexity index is 460. The zero-order valence-corrected chi connectivity index (χ0v) is 12.7. The molecule has 1 aromatic rings. The number of esters is 1. The summed E-state index contributed by atoms with van der Waals surface area (Å²) in [6.07, 6.45) is 0. The third-order valence-electron chi connectivity index (χ3n) is 2.03. The number of carbonyl (C=O) groups excluding carboxylic acids is 1. The number of rotatable bonds is 4. The van der Waals surface area contributed by atoms with Gasteiger partial charge in [0.1, 0.15) is 29.3 Å². The highest BCUT2D eigenvalue weighted by Gasteiger charge is 2.21. The minimum atomic E-state index is -1.84. The molecule has 6 radical (unpaired) electrons. The molecule has 0 aliphatic heterocycles. The van der Waals surface area contributed by atoms with Crippen molar-refractivity contribution in [3.8, 4) is 5.75 Å². The number of methoxy groups -OCH3 is 1. The maximum atomic E-state index is 11.6. The Balaban J connectivity index is 3.35. The number of halogens is 2. The van der Waals surface area contributed by atoms with Crippen LogP contribution < -0.4 is 4.74 Å². The van der Waals surface area contributed by atoms with Crippen molar-refractivity contribution in [2.75, 3.05) is 7.11 Å². The first kappa shape index (κ1) is 15.7. The largest absolute Gasteiger partial charge is 0.514 e. The Kier molecular flexibility index (Phi) is 5.40. The van der Waals surface area contributed by atoms with Gasteiger partial charge < -0.3 is 9.47 Å². The van der Waals surface area contributed by atoms with Crippen molar-refractivity contribution in [1.82, 2.24) is 0 Å². The van der Waals surface area contributed by atoms with E-state index in [9.17, 15) is 4.79 Å². The number of ether oxygens (including phenoxy) is 2. The zero-order valence-electron chi connectivity index (χ0n) is 9.57. The molecular weight excluding hydrogens is 360 g/mol. The molecule has 1 rings (SSSR count). The molecule has 0 N–H and O–H groups in total. The molecule has 0 aromatic heterocycles. The van der Waals surface area contributed by atoms with E-state index in [-0.39, 0.29) is 0 Å². The minimum Gasteiger partial charge on any atom is -0.514 e. The summed E-state index contributed by atoms with van der Waals surface area (Å²) >= 11 is 6.55. The molecule has 0 bridgehead atoms. The fraction of sp³-hybridized carbons (Fsp3) is 0.300. The summed E-state index contributed by atoms with van der Waals surface area (Å²) < 4.78 is 10.5. The topological polar surface area (TPSA) is 35.5 Å². The molecular formula is C10H7B3Br2O3. The molecule has 0 unspecified atom stereocenters. The third-order valence-corrected chi connectivity index (χ3v) is 3.22. The van der Waals surface area contributed by atoms with Gasteiger partial charge in [-0.2, -0.15) is 0 Å². The molecule has 0 saturated heterocycles. The lowest BCUT2D eigenvalue weighted by Crippen LogP contribution is -2.38. The summed E-state index contributed by atoms with van der Waals surface area (Å²) in [6.45, 7) is 0. The van der Waals surface area contributed by atoms with E-state index in [2.05, 4.69) is 36.6 Å². The normalized spacial score (nSPS) is 11.1. The van der Waals surface area contributed by atoms with Crippen LogP contribution in [0.15, 0.2) is 16.6 Å². The summed E-state index contributed by atoms with van der Waals surface area (Å²) in [5.74, 6) is -0.194. The lowest BCUT2D eigenvalue weighted by atomic mass is 9.52. The lowest BCUT2D eigenvalue weighted by molar-refractivity contribution is 0.0599. The second-order valence-corrected chi connectivity index (χ2v) is 4.90. The first-order chi connectivity index (χ1) is 8.30. The van der Waals surface area contributed by atoms with Gasteiger partial charge in [0.2, 0.25) is 0 Å². The molecule has 18 heavy (non-hydrogen) atoms. The van der Waals surface area contributed by atoms with Gasteiger partial charge in [-0.05, 0) is 33.4 Å². The van der Waals surface area contributed by atoms with Crippen LogP contribution in [-0.2, 0) is 10.1 Å². The molecule has 3 nitrogen and oxygen atoms in total. The summed E-state index contributed by atoms with van der Waals surface area (Å²) in [6, 6.07) is 3.23. The Labute approximate surface area is 126 Å². The van der Waals surface area contributed by atoms with Gasteiger partial charge >= 0.3 is 5.97 Å². The summed E-state index contributed by atoms with van der Waals surface area (Å²) in [7, 11) is 17.5. The van der Waals surface area contributed by atoms with Crippen LogP contribution in [0, 0.1) is 0 Å². The van der Waals surface area contributed by atoms with Gasteiger partial charge in [0, 0.05) is 10.9 Å². The maximum absolute atomic E-state index is 11.6. The molecule has 0 heterocycles. The fourth-order valence-electron chi connectivity index (χ4n) is 1.32. The fourth-order valence-corrected chi connectivity index (χ4v) is 2.33. The quantitative estimate of drug-likeness (QED) is 0.461. The lowest BCUT2D eigenvalue weighted by Gasteiger charge is -2.26. The molecule has 8 heteroatoms. The molecule has 0 fully saturated rings. The van der Waals surface area contributed by atoms with Gasteiger partial charge in [-0.3, -0.25) is 0 Å². The monoisotopic (exact) mass is 366 g/mol. The maximum Gasteiger partial charge on any atom is 0.338 e. The second kappa shape index (κ2) is 6.19. The van der Waals surface area contributed by atoms with Gasteiger partial charge in [-0.25, -0.2) is 4.79 Å². The van der Waals surface area contributed by atoms with Crippen molar-refractivity contribution in [3.63, 3.8) is 0 Å². The van der Waals surface area contributed by atoms with Gasteiger partial charge in [0.05, 0.1) is 17.1 Å². The predicted molar refractivity (Wildman–Crippen MR) is 78.7 cm³/mol. The Hall–Kier alpha value is -0.355. The summed E-state index contributed by atoms with van der Waals surface area (Å²) in [5, 5.41) is -1.49. The van der Waals surface area contributed by atoms with E-state index in [0.29, 0.717) is 26.7 Å². The van der Waals surface area contributed by atoms with E-state index in [1.165, 1.54) is 7.11 Å². The third kappa shape index (κ3) is 3.82. The van der Waals surface area contributed by atoms with E-state index in [4.69, 9.17) is 28.3 Å². The molecule has 0 atom stereocenters. The van der Waals surface area contributed by atoms with Crippen LogP contribution in [0.2, 0.25) is 0 Å². The van der Waals surface area contributed by atoms with Crippen molar-refractivity contribution >= 4 is 61.4 Å². The molecule has 1 aromatic carbocycles. The van der Waals surface area contributed by atoms with E-state index in [1.54, 1.807) is 12.1 Å². The van der Waals surface area contributed by atoms with Gasteiger partial charge in [-0.1, -0.05) is 15.9 Å². The van der Waals surface area contributed by atoms with E-state index >= 15 is 0 Å². The van der Waals surface area contributed by atoms with Crippen molar-refractivity contribution in [2.24, 2.45) is 0 Å². The average Bonchev–Trinajstić information content (AvgIpc) is 2.29. The number of hydrogen-bond donors (Lipinski definition) is 0. The van der Waals surface area contributed by atoms with Gasteiger partial charge in [-0.15, -0.1) is 0 Å². The van der Waals surface area contributed by atoms with E-state index in [1.807, 2.05) is 0 Å². The van der Waals surface area contributed by atoms with Crippen LogP contribution >= 0.6 is 31.9 Å². The standard InChI is InChI=1S/C10H7B3Br2O3/c1-17-9(16)5-2-3-7(15)8(6(5)4-14)18-10(11,12)13/h2-3H,4H2,1H3. The molecule has 88 valence electrons. The van der Waals surface area contributed by atoms with Crippen LogP contribution in [0.25, 0.3) is 0 Å². The highest BCUT2D eigenvalue weighted by molar-refractivity contribution is 9.10.